The maximum absolute atomic E-state index is 9.67. The quantitative estimate of drug-likeness (QED) is 0.186. The summed E-state index contributed by atoms with van der Waals surface area (Å²) in [7, 11) is 0. The molecule has 0 bridgehead atoms. The Labute approximate surface area is 284 Å². The second-order valence-corrected chi connectivity index (χ2v) is 10.4. The fourth-order valence-corrected chi connectivity index (χ4v) is 6.03. The standard InChI is InChI=1S/C44H28O/c1-3-13-29(14-4-1)31-17-11-18-32(27-31)42-36-19-7-9-21-38(36)43(39-22-10-8-20-37(39)42)33-25-26-35-40-24-12-23-34(30-15-5-2-6-16-30)44(40)45-41(35)28-33/h1-28H/i1D,2D,3D,4D,5D,6D,12D,13D,14D,15D,16D,23D,24D,25D,26D,28D. The molecule has 9 aromatic rings. The molecule has 8 aromatic carbocycles. The maximum Gasteiger partial charge on any atom is 0.143 e. The summed E-state index contributed by atoms with van der Waals surface area (Å²) in [5, 5.41) is 2.10. The summed E-state index contributed by atoms with van der Waals surface area (Å²) < 4.78 is 145. The highest BCUT2D eigenvalue weighted by Crippen LogP contribution is 2.45. The molecule has 0 aliphatic rings. The van der Waals surface area contributed by atoms with Crippen molar-refractivity contribution in [3.63, 3.8) is 0 Å². The second kappa shape index (κ2) is 10.4. The Balaban J connectivity index is 1.37. The number of benzene rings is 8. The average Bonchev–Trinajstić information content (AvgIpc) is 3.67. The van der Waals surface area contributed by atoms with E-state index in [0.717, 1.165) is 0 Å². The normalized spacial score (nSPS) is 16.5. The Morgan fingerprint density at radius 2 is 1.00 bits per heavy atom. The summed E-state index contributed by atoms with van der Waals surface area (Å²) in [5.74, 6) is 0. The lowest BCUT2D eigenvalue weighted by Crippen LogP contribution is -1.91. The van der Waals surface area contributed by atoms with E-state index in [2.05, 4.69) is 0 Å². The van der Waals surface area contributed by atoms with Crippen LogP contribution in [-0.2, 0) is 0 Å². The highest BCUT2D eigenvalue weighted by molar-refractivity contribution is 6.22. The van der Waals surface area contributed by atoms with Crippen LogP contribution in [-0.4, -0.2) is 0 Å². The number of rotatable bonds is 4. The van der Waals surface area contributed by atoms with Crippen LogP contribution in [0.25, 0.3) is 88.0 Å². The molecule has 9 rings (SSSR count). The predicted octanol–water partition coefficient (Wildman–Crippen LogP) is 12.6. The molecule has 210 valence electrons. The van der Waals surface area contributed by atoms with Gasteiger partial charge in [0, 0.05) is 16.3 Å². The van der Waals surface area contributed by atoms with Crippen molar-refractivity contribution in [1.82, 2.24) is 0 Å². The molecule has 1 aromatic heterocycles. The van der Waals surface area contributed by atoms with Gasteiger partial charge in [-0.1, -0.05) is 151 Å². The molecule has 0 radical (unpaired) electrons. The van der Waals surface area contributed by atoms with E-state index in [1.807, 2.05) is 42.5 Å². The van der Waals surface area contributed by atoms with Gasteiger partial charge in [0.25, 0.3) is 0 Å². The molecule has 0 unspecified atom stereocenters. The highest BCUT2D eigenvalue weighted by Gasteiger charge is 2.19. The molecular formula is C44H28O. The van der Waals surface area contributed by atoms with Gasteiger partial charge in [-0.25, -0.2) is 0 Å². The van der Waals surface area contributed by atoms with Crippen LogP contribution in [0, 0.1) is 0 Å². The first-order valence-corrected chi connectivity index (χ1v) is 14.1. The SMILES string of the molecule is [2H]c1c([2H])c([2H])c(-c2cccc(-c3c4ccccc4c(-c4c([2H])c([2H])c5c(oc6c(-c7c([2H])c([2H])c([2H])c([2H])c7[2H])c([2H])c([2H])c([2H])c65)c4[2H])c4ccccc34)c2)c([2H])c1[2H]. The molecule has 0 saturated carbocycles. The third-order valence-electron chi connectivity index (χ3n) is 7.93. The van der Waals surface area contributed by atoms with Gasteiger partial charge in [-0.2, -0.15) is 0 Å². The summed E-state index contributed by atoms with van der Waals surface area (Å²) in [6.07, 6.45) is 0. The van der Waals surface area contributed by atoms with Crippen LogP contribution in [0.3, 0.4) is 0 Å². The fourth-order valence-electron chi connectivity index (χ4n) is 6.03. The zero-order valence-electron chi connectivity index (χ0n) is 39.3. The van der Waals surface area contributed by atoms with Crippen molar-refractivity contribution in [2.45, 2.75) is 0 Å². The van der Waals surface area contributed by atoms with Crippen LogP contribution >= 0.6 is 0 Å². The third-order valence-corrected chi connectivity index (χ3v) is 7.93. The lowest BCUT2D eigenvalue weighted by Gasteiger charge is -2.18. The molecule has 0 aliphatic carbocycles. The molecule has 0 aliphatic heterocycles. The highest BCUT2D eigenvalue weighted by atomic mass is 16.3. The van der Waals surface area contributed by atoms with E-state index in [1.54, 1.807) is 30.3 Å². The van der Waals surface area contributed by atoms with Gasteiger partial charge >= 0.3 is 0 Å². The summed E-state index contributed by atoms with van der Waals surface area (Å²) in [6.45, 7) is 0. The van der Waals surface area contributed by atoms with Crippen LogP contribution in [0.15, 0.2) is 174 Å². The molecule has 0 fully saturated rings. The Morgan fingerprint density at radius 1 is 0.400 bits per heavy atom. The zero-order chi connectivity index (χ0) is 43.7. The third kappa shape index (κ3) is 4.17. The lowest BCUT2D eigenvalue weighted by atomic mass is 9.85. The molecule has 1 heterocycles. The Hall–Kier alpha value is -5.92. The molecule has 0 atom stereocenters. The van der Waals surface area contributed by atoms with Gasteiger partial charge in [0.05, 0.1) is 21.9 Å². The molecule has 45 heavy (non-hydrogen) atoms. The topological polar surface area (TPSA) is 13.1 Å². The van der Waals surface area contributed by atoms with Crippen molar-refractivity contribution in [2.75, 3.05) is 0 Å². The van der Waals surface area contributed by atoms with Crippen molar-refractivity contribution in [2.24, 2.45) is 0 Å². The number of hydrogen-bond donors (Lipinski definition) is 0. The predicted molar refractivity (Wildman–Crippen MR) is 190 cm³/mol. The molecule has 0 N–H and O–H groups in total. The summed E-state index contributed by atoms with van der Waals surface area (Å²) in [4.78, 5) is 0. The Morgan fingerprint density at radius 3 is 1.67 bits per heavy atom. The van der Waals surface area contributed by atoms with Crippen LogP contribution < -0.4 is 0 Å². The van der Waals surface area contributed by atoms with Crippen molar-refractivity contribution in [3.05, 3.63) is 169 Å². The first-order valence-electron chi connectivity index (χ1n) is 22.1. The Bertz CT molecular complexity index is 3330. The smallest absolute Gasteiger partial charge is 0.143 e. The van der Waals surface area contributed by atoms with Gasteiger partial charge in [0.15, 0.2) is 0 Å². The minimum atomic E-state index is -0.692. The number of hydrogen-bond acceptors (Lipinski definition) is 1. The minimum absolute atomic E-state index is 0.00327. The van der Waals surface area contributed by atoms with Gasteiger partial charge in [-0.15, -0.1) is 0 Å². The van der Waals surface area contributed by atoms with Crippen LogP contribution in [0.1, 0.15) is 21.9 Å². The largest absolute Gasteiger partial charge is 0.455 e. The number of fused-ring (bicyclic) bond motifs is 5. The van der Waals surface area contributed by atoms with Gasteiger partial charge in [-0.3, -0.25) is 0 Å². The first-order chi connectivity index (χ1) is 29.0. The van der Waals surface area contributed by atoms with E-state index in [4.69, 9.17) is 22.2 Å². The monoisotopic (exact) mass is 588 g/mol. The number of furan rings is 1. The van der Waals surface area contributed by atoms with Crippen LogP contribution in [0.2, 0.25) is 0 Å². The fraction of sp³-hybridized carbons (Fsp3) is 0. The Kier molecular flexibility index (Phi) is 3.28. The first kappa shape index (κ1) is 14.2. The molecule has 1 nitrogen and oxygen atoms in total. The van der Waals surface area contributed by atoms with Gasteiger partial charge in [0.1, 0.15) is 11.2 Å². The van der Waals surface area contributed by atoms with Crippen molar-refractivity contribution < 1.29 is 26.3 Å². The second-order valence-electron chi connectivity index (χ2n) is 10.4. The van der Waals surface area contributed by atoms with Crippen molar-refractivity contribution >= 4 is 43.5 Å². The summed E-state index contributed by atoms with van der Waals surface area (Å²) >= 11 is 0. The zero-order valence-corrected chi connectivity index (χ0v) is 23.3. The van der Waals surface area contributed by atoms with E-state index >= 15 is 0 Å². The van der Waals surface area contributed by atoms with E-state index in [1.165, 1.54) is 0 Å². The molecule has 1 heteroatoms. The molecule has 0 spiro atoms. The van der Waals surface area contributed by atoms with Gasteiger partial charge < -0.3 is 4.42 Å². The van der Waals surface area contributed by atoms with Crippen LogP contribution in [0.5, 0.6) is 0 Å². The molecule has 0 saturated heterocycles. The van der Waals surface area contributed by atoms with E-state index in [9.17, 15) is 4.11 Å². The van der Waals surface area contributed by atoms with Crippen molar-refractivity contribution in [1.29, 1.82) is 0 Å². The minimum Gasteiger partial charge on any atom is -0.455 e. The van der Waals surface area contributed by atoms with E-state index in [-0.39, 0.29) is 56.8 Å². The summed E-state index contributed by atoms with van der Waals surface area (Å²) in [6, 6.07) is 12.9. The van der Waals surface area contributed by atoms with Gasteiger partial charge in [0.2, 0.25) is 0 Å². The number of para-hydroxylation sites is 1. The summed E-state index contributed by atoms with van der Waals surface area (Å²) in [5.41, 5.74) is 0.788. The maximum atomic E-state index is 9.67. The average molecular weight is 589 g/mol. The van der Waals surface area contributed by atoms with E-state index < -0.39 is 84.1 Å². The molecule has 0 amide bonds. The van der Waals surface area contributed by atoms with E-state index in [0.29, 0.717) is 43.8 Å². The van der Waals surface area contributed by atoms with Gasteiger partial charge in [-0.05, 0) is 78.6 Å². The molecular weight excluding hydrogens is 544 g/mol. The van der Waals surface area contributed by atoms with Crippen LogP contribution in [0.4, 0.5) is 0 Å². The van der Waals surface area contributed by atoms with Crippen molar-refractivity contribution in [3.8, 4) is 44.5 Å². The lowest BCUT2D eigenvalue weighted by molar-refractivity contribution is 0.670.